The summed E-state index contributed by atoms with van der Waals surface area (Å²) in [7, 11) is 3.39. The number of halogens is 1. The average Bonchev–Trinajstić information content (AvgIpc) is 2.99. The minimum Gasteiger partial charge on any atom is -0.354 e. The van der Waals surface area contributed by atoms with Gasteiger partial charge >= 0.3 is 5.69 Å². The first-order valence-corrected chi connectivity index (χ1v) is 9.17. The fourth-order valence-corrected chi connectivity index (χ4v) is 3.08. The molecule has 3 aromatic rings. The summed E-state index contributed by atoms with van der Waals surface area (Å²) in [5, 5.41) is 7.02. The third-order valence-electron chi connectivity index (χ3n) is 4.45. The maximum atomic E-state index is 13.0. The normalized spacial score (nSPS) is 11.3. The molecule has 8 nitrogen and oxygen atoms in total. The van der Waals surface area contributed by atoms with Crippen molar-refractivity contribution in [2.75, 3.05) is 25.0 Å². The van der Waals surface area contributed by atoms with E-state index in [-0.39, 0.29) is 12.1 Å². The summed E-state index contributed by atoms with van der Waals surface area (Å²) >= 11 is 5.91. The zero-order valence-electron chi connectivity index (χ0n) is 15.6. The van der Waals surface area contributed by atoms with E-state index in [9.17, 15) is 9.59 Å². The first kappa shape index (κ1) is 19.2. The molecule has 0 aliphatic rings. The van der Waals surface area contributed by atoms with Gasteiger partial charge in [-0.15, -0.1) is 0 Å². The molecule has 0 unspecified atom stereocenters. The van der Waals surface area contributed by atoms with Crippen LogP contribution in [0.25, 0.3) is 11.2 Å². The lowest BCUT2D eigenvalue weighted by atomic mass is 10.2. The highest BCUT2D eigenvalue weighted by atomic mass is 35.5. The highest BCUT2D eigenvalue weighted by Crippen LogP contribution is 2.14. The van der Waals surface area contributed by atoms with Crippen LogP contribution in [-0.4, -0.2) is 38.3 Å². The number of likely N-dealkylation sites (N-methyl/N-ethyl adjacent to an activating group) is 1. The van der Waals surface area contributed by atoms with Gasteiger partial charge in [-0.25, -0.2) is 4.79 Å². The highest BCUT2D eigenvalue weighted by molar-refractivity contribution is 6.30. The summed E-state index contributed by atoms with van der Waals surface area (Å²) in [6, 6.07) is 7.08. The average molecular weight is 391 g/mol. The fourth-order valence-electron chi connectivity index (χ4n) is 2.95. The lowest BCUT2D eigenvalue weighted by Crippen LogP contribution is -2.39. The van der Waals surface area contributed by atoms with Crippen LogP contribution in [0.1, 0.15) is 12.5 Å². The molecule has 0 radical (unpaired) electrons. The van der Waals surface area contributed by atoms with Gasteiger partial charge in [-0.1, -0.05) is 30.7 Å². The van der Waals surface area contributed by atoms with Gasteiger partial charge in [0.2, 0.25) is 5.95 Å². The van der Waals surface area contributed by atoms with Crippen molar-refractivity contribution in [1.82, 2.24) is 24.0 Å². The summed E-state index contributed by atoms with van der Waals surface area (Å²) in [6.45, 7) is 4.53. The van der Waals surface area contributed by atoms with E-state index in [1.54, 1.807) is 42.9 Å². The Morgan fingerprint density at radius 2 is 1.78 bits per heavy atom. The standard InChI is InChI=1S/C18H23ClN6O2/c1-4-20-9-10-21-17-22-15-14(23(17)2)16(26)25(18(27)24(15)3)11-12-5-7-13(19)8-6-12/h5-8,20H,4,9-11H2,1-3H3,(H,21,22). The van der Waals surface area contributed by atoms with Gasteiger partial charge in [0.1, 0.15) is 0 Å². The summed E-state index contributed by atoms with van der Waals surface area (Å²) in [4.78, 5) is 30.2. The Bertz CT molecular complexity index is 1060. The van der Waals surface area contributed by atoms with Gasteiger partial charge in [0.15, 0.2) is 11.2 Å². The smallest absolute Gasteiger partial charge is 0.332 e. The summed E-state index contributed by atoms with van der Waals surface area (Å²) in [5.41, 5.74) is 0.810. The second-order valence-corrected chi connectivity index (χ2v) is 6.74. The number of rotatable bonds is 7. The van der Waals surface area contributed by atoms with Crippen molar-refractivity contribution in [2.24, 2.45) is 14.1 Å². The Morgan fingerprint density at radius 3 is 2.44 bits per heavy atom. The van der Waals surface area contributed by atoms with Crippen molar-refractivity contribution in [3.63, 3.8) is 0 Å². The largest absolute Gasteiger partial charge is 0.354 e. The van der Waals surface area contributed by atoms with Gasteiger partial charge in [0, 0.05) is 32.2 Å². The molecule has 27 heavy (non-hydrogen) atoms. The lowest BCUT2D eigenvalue weighted by Gasteiger charge is -2.09. The molecule has 0 atom stereocenters. The summed E-state index contributed by atoms with van der Waals surface area (Å²) in [5.74, 6) is 0.555. The first-order valence-electron chi connectivity index (χ1n) is 8.79. The molecule has 3 rings (SSSR count). The van der Waals surface area contributed by atoms with Crippen LogP contribution in [0.3, 0.4) is 0 Å². The third kappa shape index (κ3) is 3.77. The third-order valence-corrected chi connectivity index (χ3v) is 4.70. The zero-order valence-corrected chi connectivity index (χ0v) is 16.4. The Morgan fingerprint density at radius 1 is 1.07 bits per heavy atom. The van der Waals surface area contributed by atoms with Crippen LogP contribution in [-0.2, 0) is 20.6 Å². The maximum Gasteiger partial charge on any atom is 0.332 e. The zero-order chi connectivity index (χ0) is 19.6. The number of hydrogen-bond acceptors (Lipinski definition) is 5. The summed E-state index contributed by atoms with van der Waals surface area (Å²) < 4.78 is 4.32. The topological polar surface area (TPSA) is 85.9 Å². The monoisotopic (exact) mass is 390 g/mol. The van der Waals surface area contributed by atoms with E-state index in [1.165, 1.54) is 9.13 Å². The Balaban J connectivity index is 2.03. The van der Waals surface area contributed by atoms with Gasteiger partial charge in [-0.3, -0.25) is 13.9 Å². The number of nitrogens with zero attached hydrogens (tertiary/aromatic N) is 4. The molecule has 0 aliphatic carbocycles. The number of anilines is 1. The van der Waals surface area contributed by atoms with Crippen molar-refractivity contribution in [1.29, 1.82) is 0 Å². The van der Waals surface area contributed by atoms with Crippen molar-refractivity contribution >= 4 is 28.7 Å². The Labute approximate surface area is 161 Å². The molecule has 0 amide bonds. The molecule has 0 bridgehead atoms. The van der Waals surface area contributed by atoms with Crippen molar-refractivity contribution in [3.8, 4) is 0 Å². The van der Waals surface area contributed by atoms with E-state index in [4.69, 9.17) is 11.6 Å². The van der Waals surface area contributed by atoms with Gasteiger partial charge in [-0.05, 0) is 24.2 Å². The maximum absolute atomic E-state index is 13.0. The van der Waals surface area contributed by atoms with Crippen LogP contribution in [0.5, 0.6) is 0 Å². The molecule has 0 fully saturated rings. The number of hydrogen-bond donors (Lipinski definition) is 2. The van der Waals surface area contributed by atoms with Crippen molar-refractivity contribution in [2.45, 2.75) is 13.5 Å². The second kappa shape index (κ2) is 7.98. The number of aryl methyl sites for hydroxylation is 2. The molecule has 0 saturated carbocycles. The fraction of sp³-hybridized carbons (Fsp3) is 0.389. The van der Waals surface area contributed by atoms with E-state index in [0.717, 1.165) is 18.7 Å². The van der Waals surface area contributed by atoms with Gasteiger partial charge < -0.3 is 15.2 Å². The van der Waals surface area contributed by atoms with Crippen LogP contribution in [0.15, 0.2) is 33.9 Å². The molecular weight excluding hydrogens is 368 g/mol. The highest BCUT2D eigenvalue weighted by Gasteiger charge is 2.18. The second-order valence-electron chi connectivity index (χ2n) is 6.31. The summed E-state index contributed by atoms with van der Waals surface area (Å²) in [6.07, 6.45) is 0. The first-order chi connectivity index (χ1) is 12.9. The predicted octanol–water partition coefficient (Wildman–Crippen LogP) is 1.16. The van der Waals surface area contributed by atoms with E-state index >= 15 is 0 Å². The van der Waals surface area contributed by atoms with E-state index < -0.39 is 5.69 Å². The van der Waals surface area contributed by atoms with Crippen molar-refractivity contribution in [3.05, 3.63) is 55.7 Å². The Kier molecular flexibility index (Phi) is 5.67. The van der Waals surface area contributed by atoms with E-state index in [0.29, 0.717) is 28.7 Å². The molecule has 2 aromatic heterocycles. The number of nitrogens with one attached hydrogen (secondary N) is 2. The number of aromatic nitrogens is 4. The van der Waals surface area contributed by atoms with Crippen molar-refractivity contribution < 1.29 is 0 Å². The minimum absolute atomic E-state index is 0.174. The molecular formula is C18H23ClN6O2. The van der Waals surface area contributed by atoms with E-state index in [2.05, 4.69) is 15.6 Å². The van der Waals surface area contributed by atoms with Crippen LogP contribution in [0.2, 0.25) is 5.02 Å². The molecule has 9 heteroatoms. The number of benzene rings is 1. The van der Waals surface area contributed by atoms with Gasteiger partial charge in [0.05, 0.1) is 6.54 Å². The molecule has 2 N–H and O–H groups in total. The van der Waals surface area contributed by atoms with E-state index in [1.807, 2.05) is 6.92 Å². The molecule has 0 spiro atoms. The van der Waals surface area contributed by atoms with Crippen LogP contribution >= 0.6 is 11.6 Å². The molecule has 0 saturated heterocycles. The van der Waals surface area contributed by atoms with Crippen LogP contribution < -0.4 is 21.9 Å². The quantitative estimate of drug-likeness (QED) is 0.591. The number of fused-ring (bicyclic) bond motifs is 1. The minimum atomic E-state index is -0.403. The van der Waals surface area contributed by atoms with Gasteiger partial charge in [-0.2, -0.15) is 4.98 Å². The lowest BCUT2D eigenvalue weighted by molar-refractivity contribution is 0.655. The molecule has 144 valence electrons. The molecule has 1 aromatic carbocycles. The Hall–Kier alpha value is -2.58. The van der Waals surface area contributed by atoms with Crippen LogP contribution in [0, 0.1) is 0 Å². The SMILES string of the molecule is CCNCCNc1nc2c(c(=O)n(Cc3ccc(Cl)cc3)c(=O)n2C)n1C. The molecule has 0 aliphatic heterocycles. The van der Waals surface area contributed by atoms with Crippen LogP contribution in [0.4, 0.5) is 5.95 Å². The number of imidazole rings is 1. The predicted molar refractivity (Wildman–Crippen MR) is 108 cm³/mol. The van der Waals surface area contributed by atoms with Gasteiger partial charge in [0.25, 0.3) is 5.56 Å². The molecule has 2 heterocycles.